The molecule has 0 aliphatic carbocycles. The molecule has 0 aromatic heterocycles. The summed E-state index contributed by atoms with van der Waals surface area (Å²) in [6, 6.07) is 7.22. The van der Waals surface area contributed by atoms with Crippen molar-refractivity contribution in [3.8, 4) is 0 Å². The smallest absolute Gasteiger partial charge is 0.335 e. The molecule has 0 radical (unpaired) electrons. The lowest BCUT2D eigenvalue weighted by molar-refractivity contribution is 0.0697. The van der Waals surface area contributed by atoms with E-state index < -0.39 is 5.97 Å². The summed E-state index contributed by atoms with van der Waals surface area (Å²) in [5, 5.41) is 8.77. The number of carboxylic acid groups (broad SMARTS) is 1. The van der Waals surface area contributed by atoms with Gasteiger partial charge in [0, 0.05) is 10.9 Å². The van der Waals surface area contributed by atoms with Crippen LogP contribution in [0.15, 0.2) is 29.2 Å². The van der Waals surface area contributed by atoms with Crippen LogP contribution in [0.1, 0.15) is 10.4 Å². The second-order valence-electron chi connectivity index (χ2n) is 3.34. The number of ether oxygens (including phenoxy) is 1. The van der Waals surface area contributed by atoms with Crippen LogP contribution in [0.2, 0.25) is 0 Å². The summed E-state index contributed by atoms with van der Waals surface area (Å²) in [5.41, 5.74) is 0.357. The maximum absolute atomic E-state index is 10.7. The molecule has 3 nitrogen and oxygen atoms in total. The first-order valence-corrected chi connectivity index (χ1v) is 6.42. The summed E-state index contributed by atoms with van der Waals surface area (Å²) >= 11 is 0. The molecular weight excluding hydrogens is 212 g/mol. The van der Waals surface area contributed by atoms with E-state index in [1.165, 1.54) is 4.90 Å². The summed E-state index contributed by atoms with van der Waals surface area (Å²) in [5.74, 6) is 1.26. The summed E-state index contributed by atoms with van der Waals surface area (Å²) in [4.78, 5) is 11.9. The third kappa shape index (κ3) is 2.52. The van der Waals surface area contributed by atoms with E-state index in [1.54, 1.807) is 12.1 Å². The average molecular weight is 225 g/mol. The van der Waals surface area contributed by atoms with Gasteiger partial charge in [-0.1, -0.05) is 0 Å². The molecule has 1 heterocycles. The lowest BCUT2D eigenvalue weighted by Crippen LogP contribution is -2.26. The van der Waals surface area contributed by atoms with Gasteiger partial charge in [-0.15, -0.1) is 0 Å². The predicted molar refractivity (Wildman–Crippen MR) is 59.6 cm³/mol. The van der Waals surface area contributed by atoms with E-state index in [0.29, 0.717) is 5.56 Å². The highest BCUT2D eigenvalue weighted by Gasteiger charge is 2.25. The first-order chi connectivity index (χ1) is 7.27. The molecule has 0 amide bonds. The Morgan fingerprint density at radius 1 is 1.20 bits per heavy atom. The zero-order valence-corrected chi connectivity index (χ0v) is 9.13. The van der Waals surface area contributed by atoms with E-state index >= 15 is 0 Å². The first-order valence-electron chi connectivity index (χ1n) is 4.86. The van der Waals surface area contributed by atoms with Crippen LogP contribution >= 0.6 is 0 Å². The van der Waals surface area contributed by atoms with Gasteiger partial charge in [-0.3, -0.25) is 0 Å². The van der Waals surface area contributed by atoms with Gasteiger partial charge in [-0.25, -0.2) is 4.79 Å². The van der Waals surface area contributed by atoms with Crippen molar-refractivity contribution in [3.63, 3.8) is 0 Å². The van der Waals surface area contributed by atoms with E-state index in [4.69, 9.17) is 9.84 Å². The first kappa shape index (κ1) is 10.5. The Bertz CT molecular complexity index is 341. The molecule has 1 saturated heterocycles. The van der Waals surface area contributed by atoms with Crippen molar-refractivity contribution < 1.29 is 14.6 Å². The SMILES string of the molecule is O=C(O)c1ccc([S+]2CCOCC2)cc1. The summed E-state index contributed by atoms with van der Waals surface area (Å²) in [7, 11) is 0.253. The molecule has 4 heteroatoms. The molecule has 0 spiro atoms. The highest BCUT2D eigenvalue weighted by atomic mass is 32.2. The molecule has 1 aliphatic rings. The van der Waals surface area contributed by atoms with Gasteiger partial charge in [0.05, 0.1) is 18.8 Å². The van der Waals surface area contributed by atoms with Crippen LogP contribution in [0.25, 0.3) is 0 Å². The van der Waals surface area contributed by atoms with Crippen LogP contribution in [0.4, 0.5) is 0 Å². The number of hydrogen-bond donors (Lipinski definition) is 1. The maximum Gasteiger partial charge on any atom is 0.335 e. The summed E-state index contributed by atoms with van der Waals surface area (Å²) in [6.07, 6.45) is 0. The van der Waals surface area contributed by atoms with Gasteiger partial charge < -0.3 is 9.84 Å². The predicted octanol–water partition coefficient (Wildman–Crippen LogP) is 1.39. The van der Waals surface area contributed by atoms with Gasteiger partial charge in [0.25, 0.3) is 0 Å². The van der Waals surface area contributed by atoms with Crippen LogP contribution in [-0.2, 0) is 15.6 Å². The summed E-state index contributed by atoms with van der Waals surface area (Å²) < 4.78 is 5.30. The van der Waals surface area contributed by atoms with E-state index in [9.17, 15) is 4.79 Å². The molecule has 2 rings (SSSR count). The number of aromatic carboxylic acids is 1. The minimum Gasteiger partial charge on any atom is -0.478 e. The van der Waals surface area contributed by atoms with Gasteiger partial charge in [0.1, 0.15) is 11.5 Å². The van der Waals surface area contributed by atoms with Crippen molar-refractivity contribution in [1.29, 1.82) is 0 Å². The van der Waals surface area contributed by atoms with Crippen molar-refractivity contribution in [2.24, 2.45) is 0 Å². The number of rotatable bonds is 2. The molecule has 1 N–H and O–H groups in total. The average Bonchev–Trinajstić information content (AvgIpc) is 2.30. The zero-order valence-electron chi connectivity index (χ0n) is 8.31. The van der Waals surface area contributed by atoms with E-state index in [2.05, 4.69) is 0 Å². The van der Waals surface area contributed by atoms with Gasteiger partial charge in [0.15, 0.2) is 4.90 Å². The molecule has 0 unspecified atom stereocenters. The van der Waals surface area contributed by atoms with Gasteiger partial charge in [-0.2, -0.15) is 0 Å². The topological polar surface area (TPSA) is 46.5 Å². The monoisotopic (exact) mass is 225 g/mol. The largest absolute Gasteiger partial charge is 0.478 e. The molecule has 1 aromatic rings. The number of carbonyl (C=O) groups is 1. The summed E-state index contributed by atoms with van der Waals surface area (Å²) in [6.45, 7) is 1.65. The van der Waals surface area contributed by atoms with Crippen molar-refractivity contribution in [2.75, 3.05) is 24.7 Å². The van der Waals surface area contributed by atoms with Crippen LogP contribution in [0, 0.1) is 0 Å². The Morgan fingerprint density at radius 3 is 2.33 bits per heavy atom. The highest BCUT2D eigenvalue weighted by Crippen LogP contribution is 2.17. The minimum absolute atomic E-state index is 0.253. The molecule has 1 aliphatic heterocycles. The fraction of sp³-hybridized carbons (Fsp3) is 0.364. The Balaban J connectivity index is 2.11. The van der Waals surface area contributed by atoms with Crippen LogP contribution in [0.3, 0.4) is 0 Å². The zero-order chi connectivity index (χ0) is 10.7. The number of carboxylic acids is 1. The number of hydrogen-bond acceptors (Lipinski definition) is 2. The van der Waals surface area contributed by atoms with Gasteiger partial charge in [-0.05, 0) is 24.3 Å². The Morgan fingerprint density at radius 2 is 1.80 bits per heavy atom. The third-order valence-electron chi connectivity index (χ3n) is 2.38. The second kappa shape index (κ2) is 4.68. The lowest BCUT2D eigenvalue weighted by atomic mass is 10.2. The van der Waals surface area contributed by atoms with Crippen LogP contribution in [0.5, 0.6) is 0 Å². The van der Waals surface area contributed by atoms with Crippen molar-refractivity contribution >= 4 is 16.9 Å². The second-order valence-corrected chi connectivity index (χ2v) is 5.62. The van der Waals surface area contributed by atoms with Crippen molar-refractivity contribution in [1.82, 2.24) is 0 Å². The molecule has 1 fully saturated rings. The van der Waals surface area contributed by atoms with Gasteiger partial charge >= 0.3 is 5.97 Å². The van der Waals surface area contributed by atoms with Gasteiger partial charge in [0.2, 0.25) is 0 Å². The number of benzene rings is 1. The van der Waals surface area contributed by atoms with Crippen molar-refractivity contribution in [2.45, 2.75) is 4.90 Å². The van der Waals surface area contributed by atoms with Crippen LogP contribution in [-0.4, -0.2) is 35.8 Å². The maximum atomic E-state index is 10.7. The standard InChI is InChI=1S/C11H12O3S/c12-11(13)9-1-3-10(4-2-9)15-7-5-14-6-8-15/h1-4H,5-8H2/p+1. The molecule has 0 saturated carbocycles. The normalized spacial score (nSPS) is 17.6. The fourth-order valence-corrected chi connectivity index (χ4v) is 3.38. The van der Waals surface area contributed by atoms with E-state index in [1.807, 2.05) is 12.1 Å². The minimum atomic E-state index is -0.864. The Hall–Kier alpha value is -1.00. The highest BCUT2D eigenvalue weighted by molar-refractivity contribution is 7.97. The molecule has 1 aromatic carbocycles. The lowest BCUT2D eigenvalue weighted by Gasteiger charge is -2.13. The molecule has 15 heavy (non-hydrogen) atoms. The van der Waals surface area contributed by atoms with E-state index in [0.717, 1.165) is 24.7 Å². The third-order valence-corrected chi connectivity index (χ3v) is 4.64. The Kier molecular flexibility index (Phi) is 3.28. The quantitative estimate of drug-likeness (QED) is 0.774. The Labute approximate surface area is 91.4 Å². The fourth-order valence-electron chi connectivity index (χ4n) is 1.55. The van der Waals surface area contributed by atoms with Crippen molar-refractivity contribution in [3.05, 3.63) is 29.8 Å². The molecule has 0 bridgehead atoms. The molecule has 0 atom stereocenters. The van der Waals surface area contributed by atoms with E-state index in [-0.39, 0.29) is 10.9 Å². The molecular formula is C11H13O3S+. The van der Waals surface area contributed by atoms with Crippen LogP contribution < -0.4 is 0 Å². The molecule has 80 valence electrons.